The monoisotopic (exact) mass is 815 g/mol. The van der Waals surface area contributed by atoms with Crippen molar-refractivity contribution in [3.8, 4) is 0 Å². The molecule has 0 aliphatic heterocycles. The number of carbonyl (C=O) groups is 2. The van der Waals surface area contributed by atoms with E-state index in [1.807, 2.05) is 0 Å². The van der Waals surface area contributed by atoms with Gasteiger partial charge in [-0.05, 0) is 77.0 Å². The minimum absolute atomic E-state index is 0.0846. The second-order valence-corrected chi connectivity index (χ2v) is 17.1. The Bertz CT molecular complexity index is 924. The van der Waals surface area contributed by atoms with Crippen molar-refractivity contribution in [1.29, 1.82) is 0 Å². The molecule has 0 saturated heterocycles. The van der Waals surface area contributed by atoms with Gasteiger partial charge in [-0.1, -0.05) is 211 Å². The molecule has 0 rings (SSSR count). The highest BCUT2D eigenvalue weighted by Crippen LogP contribution is 2.15. The molecule has 0 heterocycles. The third-order valence-electron chi connectivity index (χ3n) is 11.1. The van der Waals surface area contributed by atoms with Crippen molar-refractivity contribution in [1.82, 2.24) is 0 Å². The number of ether oxygens (including phenoxy) is 3. The van der Waals surface area contributed by atoms with E-state index in [-0.39, 0.29) is 25.2 Å². The molecule has 0 saturated carbocycles. The molecule has 0 aliphatic carbocycles. The van der Waals surface area contributed by atoms with E-state index < -0.39 is 6.10 Å². The van der Waals surface area contributed by atoms with Crippen LogP contribution in [0.4, 0.5) is 0 Å². The predicted octanol–water partition coefficient (Wildman–Crippen LogP) is 17.0. The first-order valence-corrected chi connectivity index (χ1v) is 25.5. The Labute approximate surface area is 361 Å². The molecule has 5 heteroatoms. The molecule has 58 heavy (non-hydrogen) atoms. The predicted molar refractivity (Wildman–Crippen MR) is 252 cm³/mol. The molecular formula is C53H98O5. The molecule has 1 atom stereocenters. The number of rotatable bonds is 47. The SMILES string of the molecule is CCCCC/C=C\C/C=C\CCCCCCCCCCCC(=O)OCC(COCCCCCCCC)OC(=O)CCCCCCCCC/C=C\CCCCCCCC. The van der Waals surface area contributed by atoms with Crippen LogP contribution in [0.25, 0.3) is 0 Å². The van der Waals surface area contributed by atoms with Gasteiger partial charge >= 0.3 is 11.9 Å². The topological polar surface area (TPSA) is 61.8 Å². The molecule has 0 aromatic heterocycles. The lowest BCUT2D eigenvalue weighted by molar-refractivity contribution is -0.163. The van der Waals surface area contributed by atoms with Gasteiger partial charge in [-0.3, -0.25) is 9.59 Å². The Morgan fingerprint density at radius 1 is 0.379 bits per heavy atom. The summed E-state index contributed by atoms with van der Waals surface area (Å²) in [7, 11) is 0. The van der Waals surface area contributed by atoms with Gasteiger partial charge in [0.2, 0.25) is 0 Å². The number of carbonyl (C=O) groups excluding carboxylic acids is 2. The highest BCUT2D eigenvalue weighted by Gasteiger charge is 2.17. The summed E-state index contributed by atoms with van der Waals surface area (Å²) in [5.74, 6) is -0.400. The van der Waals surface area contributed by atoms with E-state index in [0.717, 1.165) is 44.9 Å². The van der Waals surface area contributed by atoms with Crippen molar-refractivity contribution in [3.63, 3.8) is 0 Å². The summed E-state index contributed by atoms with van der Waals surface area (Å²) >= 11 is 0. The van der Waals surface area contributed by atoms with Crippen molar-refractivity contribution in [2.75, 3.05) is 19.8 Å². The van der Waals surface area contributed by atoms with Crippen LogP contribution in [-0.2, 0) is 23.8 Å². The molecule has 1 unspecified atom stereocenters. The van der Waals surface area contributed by atoms with Crippen molar-refractivity contribution in [2.45, 2.75) is 271 Å². The van der Waals surface area contributed by atoms with Gasteiger partial charge in [0, 0.05) is 19.4 Å². The number of hydrogen-bond donors (Lipinski definition) is 0. The van der Waals surface area contributed by atoms with E-state index in [1.54, 1.807) is 0 Å². The van der Waals surface area contributed by atoms with Crippen molar-refractivity contribution in [2.24, 2.45) is 0 Å². The fourth-order valence-corrected chi connectivity index (χ4v) is 7.30. The maximum absolute atomic E-state index is 12.7. The van der Waals surface area contributed by atoms with Crippen LogP contribution in [0, 0.1) is 0 Å². The average molecular weight is 815 g/mol. The highest BCUT2D eigenvalue weighted by molar-refractivity contribution is 5.70. The standard InChI is InChI=1S/C53H98O5/c1-4-7-10-13-16-18-20-22-24-26-27-29-30-32-34-36-38-40-43-46-52(54)57-50-51(49-56-48-45-42-15-12-9-6-3)58-53(55)47-44-41-39-37-35-33-31-28-25-23-21-19-17-14-11-8-5-2/h16,18,22-25,51H,4-15,17,19-21,26-50H2,1-3H3/b18-16-,24-22-,25-23-. The Kier molecular flexibility index (Phi) is 47.9. The lowest BCUT2D eigenvalue weighted by Crippen LogP contribution is -2.30. The summed E-state index contributed by atoms with van der Waals surface area (Å²) in [5.41, 5.74) is 0. The first-order valence-electron chi connectivity index (χ1n) is 25.5. The highest BCUT2D eigenvalue weighted by atomic mass is 16.6. The number of esters is 2. The van der Waals surface area contributed by atoms with Crippen LogP contribution in [-0.4, -0.2) is 37.9 Å². The fourth-order valence-electron chi connectivity index (χ4n) is 7.30. The average Bonchev–Trinajstić information content (AvgIpc) is 3.22. The first-order chi connectivity index (χ1) is 28.6. The van der Waals surface area contributed by atoms with Crippen LogP contribution in [0.15, 0.2) is 36.5 Å². The molecule has 5 nitrogen and oxygen atoms in total. The number of hydrogen-bond acceptors (Lipinski definition) is 5. The van der Waals surface area contributed by atoms with Crippen LogP contribution in [0.2, 0.25) is 0 Å². The third kappa shape index (κ3) is 46.8. The quantitative estimate of drug-likeness (QED) is 0.0348. The summed E-state index contributed by atoms with van der Waals surface area (Å²) in [6, 6.07) is 0. The molecule has 0 aromatic carbocycles. The van der Waals surface area contributed by atoms with Gasteiger partial charge in [-0.2, -0.15) is 0 Å². The van der Waals surface area contributed by atoms with Crippen LogP contribution in [0.5, 0.6) is 0 Å². The largest absolute Gasteiger partial charge is 0.462 e. The Balaban J connectivity index is 4.06. The molecule has 0 N–H and O–H groups in total. The molecule has 0 bridgehead atoms. The Hall–Kier alpha value is -1.88. The second-order valence-electron chi connectivity index (χ2n) is 17.1. The van der Waals surface area contributed by atoms with Crippen LogP contribution in [0.1, 0.15) is 265 Å². The summed E-state index contributed by atoms with van der Waals surface area (Å²) < 4.78 is 17.3. The van der Waals surface area contributed by atoms with Gasteiger partial charge in [0.05, 0.1) is 6.61 Å². The maximum Gasteiger partial charge on any atom is 0.306 e. The van der Waals surface area contributed by atoms with Gasteiger partial charge in [0.1, 0.15) is 6.61 Å². The zero-order valence-electron chi connectivity index (χ0n) is 39.1. The van der Waals surface area contributed by atoms with Gasteiger partial charge in [0.15, 0.2) is 6.10 Å². The smallest absolute Gasteiger partial charge is 0.306 e. The minimum atomic E-state index is -0.533. The first kappa shape index (κ1) is 56.1. The molecular weight excluding hydrogens is 717 g/mol. The third-order valence-corrected chi connectivity index (χ3v) is 11.1. The van der Waals surface area contributed by atoms with Crippen molar-refractivity contribution < 1.29 is 23.8 Å². The molecule has 0 spiro atoms. The van der Waals surface area contributed by atoms with E-state index in [2.05, 4.69) is 57.2 Å². The maximum atomic E-state index is 12.7. The van der Waals surface area contributed by atoms with Crippen LogP contribution >= 0.6 is 0 Å². The molecule has 0 fully saturated rings. The zero-order chi connectivity index (χ0) is 42.1. The lowest BCUT2D eigenvalue weighted by Gasteiger charge is -2.18. The molecule has 0 amide bonds. The normalized spacial score (nSPS) is 12.4. The molecule has 0 radical (unpaired) electrons. The van der Waals surface area contributed by atoms with E-state index in [9.17, 15) is 9.59 Å². The second kappa shape index (κ2) is 49.5. The summed E-state index contributed by atoms with van der Waals surface area (Å²) in [6.07, 6.45) is 58.7. The van der Waals surface area contributed by atoms with E-state index >= 15 is 0 Å². The van der Waals surface area contributed by atoms with Crippen LogP contribution in [0.3, 0.4) is 0 Å². The van der Waals surface area contributed by atoms with E-state index in [4.69, 9.17) is 14.2 Å². The Morgan fingerprint density at radius 3 is 1.19 bits per heavy atom. The minimum Gasteiger partial charge on any atom is -0.462 e. The number of unbranched alkanes of at least 4 members (excludes halogenated alkanes) is 30. The lowest BCUT2D eigenvalue weighted by atomic mass is 10.1. The van der Waals surface area contributed by atoms with Gasteiger partial charge in [-0.25, -0.2) is 0 Å². The fraction of sp³-hybridized carbons (Fsp3) is 0.849. The summed E-state index contributed by atoms with van der Waals surface area (Å²) in [5, 5.41) is 0. The summed E-state index contributed by atoms with van der Waals surface area (Å²) in [4.78, 5) is 25.3. The molecule has 0 aromatic rings. The molecule has 340 valence electrons. The van der Waals surface area contributed by atoms with Gasteiger partial charge in [0.25, 0.3) is 0 Å². The van der Waals surface area contributed by atoms with E-state index in [0.29, 0.717) is 19.4 Å². The van der Waals surface area contributed by atoms with Crippen LogP contribution < -0.4 is 0 Å². The van der Waals surface area contributed by atoms with Gasteiger partial charge in [-0.15, -0.1) is 0 Å². The number of allylic oxidation sites excluding steroid dienone is 6. The molecule has 0 aliphatic rings. The zero-order valence-corrected chi connectivity index (χ0v) is 39.1. The Morgan fingerprint density at radius 2 is 0.724 bits per heavy atom. The van der Waals surface area contributed by atoms with Gasteiger partial charge < -0.3 is 14.2 Å². The van der Waals surface area contributed by atoms with E-state index in [1.165, 1.54) is 186 Å². The summed E-state index contributed by atoms with van der Waals surface area (Å²) in [6.45, 7) is 7.79. The van der Waals surface area contributed by atoms with Crippen molar-refractivity contribution >= 4 is 11.9 Å². The van der Waals surface area contributed by atoms with Crippen molar-refractivity contribution in [3.05, 3.63) is 36.5 Å².